The first-order valence-electron chi connectivity index (χ1n) is 7.23. The lowest BCUT2D eigenvalue weighted by atomic mass is 10.1. The third-order valence-electron chi connectivity index (χ3n) is 3.77. The molecule has 0 spiro atoms. The zero-order valence-corrected chi connectivity index (χ0v) is 12.9. The first kappa shape index (κ1) is 15.0. The number of esters is 1. The number of fused-ring (bicyclic) bond motifs is 1. The number of aryl methyl sites for hydroxylation is 1. The minimum absolute atomic E-state index is 0.0647. The maximum Gasteiger partial charge on any atom is 0.337 e. The molecule has 0 radical (unpaired) electrons. The number of hydrogen-bond acceptors (Lipinski definition) is 4. The number of ether oxygens (including phenoxy) is 1. The highest BCUT2D eigenvalue weighted by molar-refractivity contribution is 5.89. The number of methoxy groups -OCH3 is 1. The second-order valence-corrected chi connectivity index (χ2v) is 5.26. The van der Waals surface area contributed by atoms with Gasteiger partial charge in [0.15, 0.2) is 0 Å². The van der Waals surface area contributed by atoms with Crippen LogP contribution in [0.5, 0.6) is 0 Å². The van der Waals surface area contributed by atoms with Crippen LogP contribution in [0.2, 0.25) is 0 Å². The molecule has 0 aliphatic rings. The van der Waals surface area contributed by atoms with Crippen molar-refractivity contribution >= 4 is 16.9 Å². The summed E-state index contributed by atoms with van der Waals surface area (Å²) in [5.74, 6) is 0.281. The van der Waals surface area contributed by atoms with Gasteiger partial charge in [-0.2, -0.15) is 0 Å². The van der Waals surface area contributed by atoms with Gasteiger partial charge in [0.25, 0.3) is 5.56 Å². The molecule has 3 rings (SSSR count). The summed E-state index contributed by atoms with van der Waals surface area (Å²) in [5.41, 5.74) is 2.04. The molecule has 0 saturated carbocycles. The van der Waals surface area contributed by atoms with Crippen molar-refractivity contribution in [2.75, 3.05) is 7.11 Å². The largest absolute Gasteiger partial charge is 0.465 e. The van der Waals surface area contributed by atoms with Crippen LogP contribution >= 0.6 is 0 Å². The van der Waals surface area contributed by atoms with E-state index in [9.17, 15) is 9.59 Å². The number of benzene rings is 2. The Labute approximate surface area is 133 Å². The minimum atomic E-state index is -0.378. The molecule has 3 aromatic rings. The SMILES string of the molecule is COC(=O)c1ccc(Cn2c(C)nc3ccccc3c2=O)cc1. The van der Waals surface area contributed by atoms with E-state index in [1.54, 1.807) is 22.8 Å². The van der Waals surface area contributed by atoms with Gasteiger partial charge in [-0.25, -0.2) is 9.78 Å². The quantitative estimate of drug-likeness (QED) is 0.698. The fraction of sp³-hybridized carbons (Fsp3) is 0.167. The molecule has 0 unspecified atom stereocenters. The monoisotopic (exact) mass is 308 g/mol. The number of rotatable bonds is 3. The molecule has 5 nitrogen and oxygen atoms in total. The molecular weight excluding hydrogens is 292 g/mol. The second-order valence-electron chi connectivity index (χ2n) is 5.26. The van der Waals surface area contributed by atoms with Crippen LogP contribution in [0.3, 0.4) is 0 Å². The molecule has 0 saturated heterocycles. The molecule has 116 valence electrons. The zero-order valence-electron chi connectivity index (χ0n) is 12.9. The first-order valence-corrected chi connectivity index (χ1v) is 7.23. The van der Waals surface area contributed by atoms with Gasteiger partial charge in [0.05, 0.1) is 30.1 Å². The lowest BCUT2D eigenvalue weighted by molar-refractivity contribution is 0.0600. The Morgan fingerprint density at radius 3 is 2.52 bits per heavy atom. The van der Waals surface area contributed by atoms with E-state index in [2.05, 4.69) is 9.72 Å². The van der Waals surface area contributed by atoms with E-state index in [1.807, 2.05) is 37.3 Å². The highest BCUT2D eigenvalue weighted by atomic mass is 16.5. The summed E-state index contributed by atoms with van der Waals surface area (Å²) in [4.78, 5) is 28.6. The average molecular weight is 308 g/mol. The zero-order chi connectivity index (χ0) is 16.4. The third kappa shape index (κ3) is 2.85. The summed E-state index contributed by atoms with van der Waals surface area (Å²) in [5, 5.41) is 0.601. The van der Waals surface area contributed by atoms with E-state index in [-0.39, 0.29) is 11.5 Å². The summed E-state index contributed by atoms with van der Waals surface area (Å²) in [6.45, 7) is 2.22. The van der Waals surface area contributed by atoms with Gasteiger partial charge in [-0.3, -0.25) is 9.36 Å². The van der Waals surface area contributed by atoms with Crippen molar-refractivity contribution in [1.29, 1.82) is 0 Å². The molecule has 23 heavy (non-hydrogen) atoms. The Balaban J connectivity index is 1.98. The fourth-order valence-electron chi connectivity index (χ4n) is 2.51. The second kappa shape index (κ2) is 6.04. The molecule has 0 aliphatic heterocycles. The highest BCUT2D eigenvalue weighted by Gasteiger charge is 2.09. The van der Waals surface area contributed by atoms with Crippen molar-refractivity contribution in [2.24, 2.45) is 0 Å². The van der Waals surface area contributed by atoms with E-state index in [4.69, 9.17) is 0 Å². The lowest BCUT2D eigenvalue weighted by Gasteiger charge is -2.11. The molecule has 1 aromatic heterocycles. The van der Waals surface area contributed by atoms with E-state index in [1.165, 1.54) is 7.11 Å². The minimum Gasteiger partial charge on any atom is -0.465 e. The summed E-state index contributed by atoms with van der Waals surface area (Å²) < 4.78 is 6.31. The third-order valence-corrected chi connectivity index (χ3v) is 3.77. The molecule has 0 fully saturated rings. The Bertz CT molecular complexity index is 927. The van der Waals surface area contributed by atoms with Gasteiger partial charge in [-0.05, 0) is 36.8 Å². The van der Waals surface area contributed by atoms with Crippen LogP contribution in [0, 0.1) is 6.92 Å². The number of carbonyl (C=O) groups excluding carboxylic acids is 1. The van der Waals surface area contributed by atoms with E-state index in [0.29, 0.717) is 28.8 Å². The lowest BCUT2D eigenvalue weighted by Crippen LogP contribution is -2.24. The van der Waals surface area contributed by atoms with Crippen LogP contribution in [0.15, 0.2) is 53.3 Å². The van der Waals surface area contributed by atoms with Gasteiger partial charge in [0.1, 0.15) is 5.82 Å². The van der Waals surface area contributed by atoms with Crippen LogP contribution in [0.4, 0.5) is 0 Å². The number of aromatic nitrogens is 2. The molecule has 5 heteroatoms. The van der Waals surface area contributed by atoms with Crippen molar-refractivity contribution in [2.45, 2.75) is 13.5 Å². The molecule has 1 heterocycles. The normalized spacial score (nSPS) is 10.7. The molecular formula is C18H16N2O3. The van der Waals surface area contributed by atoms with Crippen LogP contribution < -0.4 is 5.56 Å². The summed E-state index contributed by atoms with van der Waals surface area (Å²) in [6, 6.07) is 14.3. The maximum atomic E-state index is 12.6. The molecule has 0 amide bonds. The average Bonchev–Trinajstić information content (AvgIpc) is 2.58. The van der Waals surface area contributed by atoms with Crippen molar-refractivity contribution in [3.63, 3.8) is 0 Å². The Morgan fingerprint density at radius 2 is 1.83 bits per heavy atom. The highest BCUT2D eigenvalue weighted by Crippen LogP contribution is 2.11. The summed E-state index contributed by atoms with van der Waals surface area (Å²) in [7, 11) is 1.35. The molecule has 0 N–H and O–H groups in total. The predicted octanol–water partition coefficient (Wildman–Crippen LogP) is 2.54. The first-order chi connectivity index (χ1) is 11.1. The summed E-state index contributed by atoms with van der Waals surface area (Å²) in [6.07, 6.45) is 0. The number of hydrogen-bond donors (Lipinski definition) is 0. The molecule has 0 atom stereocenters. The van der Waals surface area contributed by atoms with Gasteiger partial charge < -0.3 is 4.74 Å². The summed E-state index contributed by atoms with van der Waals surface area (Å²) >= 11 is 0. The van der Waals surface area contributed by atoms with Gasteiger partial charge in [0, 0.05) is 0 Å². The maximum absolute atomic E-state index is 12.6. The Morgan fingerprint density at radius 1 is 1.13 bits per heavy atom. The van der Waals surface area contributed by atoms with E-state index in [0.717, 1.165) is 5.56 Å². The number of nitrogens with zero attached hydrogens (tertiary/aromatic N) is 2. The predicted molar refractivity (Wildman–Crippen MR) is 87.6 cm³/mol. The standard InChI is InChI=1S/C18H16N2O3/c1-12-19-16-6-4-3-5-15(16)17(21)20(12)11-13-7-9-14(10-8-13)18(22)23-2/h3-10H,11H2,1-2H3. The van der Waals surface area contributed by atoms with Crippen molar-refractivity contribution in [3.8, 4) is 0 Å². The molecule has 0 aliphatic carbocycles. The van der Waals surface area contributed by atoms with Gasteiger partial charge in [-0.1, -0.05) is 24.3 Å². The van der Waals surface area contributed by atoms with E-state index < -0.39 is 0 Å². The van der Waals surface area contributed by atoms with E-state index >= 15 is 0 Å². The van der Waals surface area contributed by atoms with Crippen LogP contribution in [-0.4, -0.2) is 22.6 Å². The van der Waals surface area contributed by atoms with Crippen molar-refractivity contribution in [1.82, 2.24) is 9.55 Å². The fourth-order valence-corrected chi connectivity index (χ4v) is 2.51. The topological polar surface area (TPSA) is 61.2 Å². The van der Waals surface area contributed by atoms with Crippen molar-refractivity contribution in [3.05, 3.63) is 75.8 Å². The molecule has 0 bridgehead atoms. The van der Waals surface area contributed by atoms with Crippen LogP contribution in [0.25, 0.3) is 10.9 Å². The smallest absolute Gasteiger partial charge is 0.337 e. The number of carbonyl (C=O) groups is 1. The van der Waals surface area contributed by atoms with Gasteiger partial charge in [-0.15, -0.1) is 0 Å². The Hall–Kier alpha value is -2.95. The Kier molecular flexibility index (Phi) is 3.93. The van der Waals surface area contributed by atoms with Crippen LogP contribution in [0.1, 0.15) is 21.7 Å². The van der Waals surface area contributed by atoms with Crippen LogP contribution in [-0.2, 0) is 11.3 Å². The van der Waals surface area contributed by atoms with Gasteiger partial charge >= 0.3 is 5.97 Å². The van der Waals surface area contributed by atoms with Crippen molar-refractivity contribution < 1.29 is 9.53 Å². The van der Waals surface area contributed by atoms with Gasteiger partial charge in [0.2, 0.25) is 0 Å². The number of para-hydroxylation sites is 1. The molecule has 2 aromatic carbocycles.